The van der Waals surface area contributed by atoms with Gasteiger partial charge in [-0.3, -0.25) is 9.59 Å². The monoisotopic (exact) mass is 528 g/mol. The topological polar surface area (TPSA) is 132 Å². The quantitative estimate of drug-likeness (QED) is 0.129. The van der Waals surface area contributed by atoms with E-state index in [4.69, 9.17) is 0 Å². The number of aliphatic hydroxyl groups is 1. The summed E-state index contributed by atoms with van der Waals surface area (Å²) in [5.74, 6) is -6.43. The van der Waals surface area contributed by atoms with E-state index in [2.05, 4.69) is 0 Å². The van der Waals surface area contributed by atoms with E-state index in [9.17, 15) is 34.8 Å². The van der Waals surface area contributed by atoms with Crippen LogP contribution in [0, 0.1) is 27.6 Å². The molecule has 0 aliphatic heterocycles. The molecule has 218 valence electrons. The van der Waals surface area contributed by atoms with Crippen molar-refractivity contribution in [2.24, 2.45) is 27.6 Å². The Morgan fingerprint density at radius 3 is 1.05 bits per heavy atom. The minimum Gasteiger partial charge on any atom is -0.481 e. The van der Waals surface area contributed by atoms with Gasteiger partial charge >= 0.3 is 17.9 Å². The van der Waals surface area contributed by atoms with Crippen LogP contribution in [0.1, 0.15) is 139 Å². The maximum atomic E-state index is 13.9. The average Bonchev–Trinajstić information content (AvgIpc) is 2.74. The first-order valence-electron chi connectivity index (χ1n) is 14.5. The van der Waals surface area contributed by atoms with Gasteiger partial charge in [0.2, 0.25) is 0 Å². The largest absolute Gasteiger partial charge is 0.481 e. The van der Waals surface area contributed by atoms with Crippen molar-refractivity contribution in [3.05, 3.63) is 0 Å². The minimum absolute atomic E-state index is 0.357. The summed E-state index contributed by atoms with van der Waals surface area (Å²) in [6, 6.07) is 0. The number of hydrogen-bond acceptors (Lipinski definition) is 4. The highest BCUT2D eigenvalue weighted by atomic mass is 16.4. The van der Waals surface area contributed by atoms with E-state index in [-0.39, 0.29) is 0 Å². The zero-order valence-corrected chi connectivity index (χ0v) is 25.1. The van der Waals surface area contributed by atoms with E-state index < -0.39 is 51.1 Å². The SMILES string of the molecule is CCCC(C)(CCC)C(C(=O)O)C(O)(C(=O)O)C(C(=O)O)(C(C)(CCC)CCC)C(C)(CCC)CCC. The van der Waals surface area contributed by atoms with Crippen molar-refractivity contribution in [2.75, 3.05) is 0 Å². The summed E-state index contributed by atoms with van der Waals surface area (Å²) in [5, 5.41) is 45.8. The fourth-order valence-corrected chi connectivity index (χ4v) is 8.57. The van der Waals surface area contributed by atoms with Crippen molar-refractivity contribution in [1.29, 1.82) is 0 Å². The maximum absolute atomic E-state index is 13.9. The second-order valence-electron chi connectivity index (χ2n) is 12.2. The molecule has 0 aliphatic rings. The van der Waals surface area contributed by atoms with Crippen LogP contribution in [0.25, 0.3) is 0 Å². The van der Waals surface area contributed by atoms with Crippen LogP contribution in [0.2, 0.25) is 0 Å². The lowest BCUT2D eigenvalue weighted by atomic mass is 9.38. The molecule has 0 aromatic heterocycles. The molecule has 2 unspecified atom stereocenters. The molecule has 7 heteroatoms. The molecule has 0 aliphatic carbocycles. The van der Waals surface area contributed by atoms with Gasteiger partial charge in [0.15, 0.2) is 5.60 Å². The molecule has 7 nitrogen and oxygen atoms in total. The first-order valence-corrected chi connectivity index (χ1v) is 14.5. The molecule has 0 amide bonds. The second kappa shape index (κ2) is 14.0. The molecular weight excluding hydrogens is 472 g/mol. The first-order chi connectivity index (χ1) is 17.1. The van der Waals surface area contributed by atoms with Crippen LogP contribution < -0.4 is 0 Å². The summed E-state index contributed by atoms with van der Waals surface area (Å²) in [6.45, 7) is 16.8. The van der Waals surface area contributed by atoms with Crippen molar-refractivity contribution < 1.29 is 34.8 Å². The fourth-order valence-electron chi connectivity index (χ4n) is 8.57. The predicted molar refractivity (Wildman–Crippen MR) is 148 cm³/mol. The maximum Gasteiger partial charge on any atom is 0.337 e. The molecular formula is C30H56O7. The van der Waals surface area contributed by atoms with E-state index in [1.54, 1.807) is 20.8 Å². The van der Waals surface area contributed by atoms with Crippen molar-refractivity contribution in [1.82, 2.24) is 0 Å². The summed E-state index contributed by atoms with van der Waals surface area (Å²) < 4.78 is 0. The summed E-state index contributed by atoms with van der Waals surface area (Å²) in [7, 11) is 0. The zero-order chi connectivity index (χ0) is 29.3. The third-order valence-corrected chi connectivity index (χ3v) is 9.24. The molecule has 0 aromatic rings. The molecule has 0 saturated carbocycles. The highest BCUT2D eigenvalue weighted by molar-refractivity contribution is 5.95. The van der Waals surface area contributed by atoms with Crippen molar-refractivity contribution in [3.63, 3.8) is 0 Å². The normalized spacial score (nSPS) is 15.7. The fraction of sp³-hybridized carbons (Fsp3) is 0.900. The van der Waals surface area contributed by atoms with Gasteiger partial charge in [-0.25, -0.2) is 4.79 Å². The molecule has 0 fully saturated rings. The van der Waals surface area contributed by atoms with E-state index >= 15 is 0 Å². The highest BCUT2D eigenvalue weighted by Crippen LogP contribution is 2.68. The van der Waals surface area contributed by atoms with Gasteiger partial charge in [0, 0.05) is 0 Å². The minimum atomic E-state index is -3.05. The van der Waals surface area contributed by atoms with Crippen molar-refractivity contribution in [2.45, 2.75) is 145 Å². The predicted octanol–water partition coefficient (Wildman–Crippen LogP) is 7.39. The standard InChI is InChI=1S/C30H56O7/c1-10-16-26(7,17-11-2)22(23(31)32)29(37,24(33)34)30(25(35)36,27(8,18-12-3)19-13-4)28(9,20-14-5)21-15-6/h22,37H,10-21H2,1-9H3,(H,31,32)(H,33,34)(H,35,36). The number of rotatable bonds is 20. The van der Waals surface area contributed by atoms with E-state index in [1.807, 2.05) is 41.5 Å². The van der Waals surface area contributed by atoms with Crippen LogP contribution in [0.15, 0.2) is 0 Å². The van der Waals surface area contributed by atoms with Crippen LogP contribution in [0.4, 0.5) is 0 Å². The summed E-state index contributed by atoms with van der Waals surface area (Å²) >= 11 is 0. The first kappa shape index (κ1) is 35.4. The van der Waals surface area contributed by atoms with E-state index in [1.165, 1.54) is 0 Å². The molecule has 0 bridgehead atoms. The Bertz CT molecular complexity index is 719. The molecule has 0 aromatic carbocycles. The van der Waals surface area contributed by atoms with Gasteiger partial charge in [-0.1, -0.05) is 101 Å². The molecule has 4 N–H and O–H groups in total. The number of aliphatic carboxylic acids is 3. The molecule has 0 heterocycles. The van der Waals surface area contributed by atoms with Gasteiger partial charge in [0.25, 0.3) is 0 Å². The Labute approximate surface area is 225 Å². The Kier molecular flexibility index (Phi) is 13.3. The van der Waals surface area contributed by atoms with Crippen LogP contribution >= 0.6 is 0 Å². The van der Waals surface area contributed by atoms with E-state index in [0.29, 0.717) is 77.0 Å². The number of carboxylic acid groups (broad SMARTS) is 3. The molecule has 0 saturated heterocycles. The third kappa shape index (κ3) is 6.02. The smallest absolute Gasteiger partial charge is 0.337 e. The lowest BCUT2D eigenvalue weighted by Gasteiger charge is -2.63. The second-order valence-corrected chi connectivity index (χ2v) is 12.2. The lowest BCUT2D eigenvalue weighted by molar-refractivity contribution is -0.264. The zero-order valence-electron chi connectivity index (χ0n) is 25.1. The Morgan fingerprint density at radius 1 is 0.568 bits per heavy atom. The van der Waals surface area contributed by atoms with Gasteiger partial charge < -0.3 is 20.4 Å². The average molecular weight is 529 g/mol. The van der Waals surface area contributed by atoms with Crippen LogP contribution in [-0.4, -0.2) is 43.9 Å². The Hall–Kier alpha value is -1.63. The van der Waals surface area contributed by atoms with Crippen LogP contribution in [0.3, 0.4) is 0 Å². The molecule has 0 rings (SSSR count). The molecule has 0 radical (unpaired) electrons. The Morgan fingerprint density at radius 2 is 0.865 bits per heavy atom. The molecule has 0 spiro atoms. The molecule has 2 atom stereocenters. The van der Waals surface area contributed by atoms with Gasteiger partial charge in [-0.15, -0.1) is 0 Å². The van der Waals surface area contributed by atoms with Crippen LogP contribution in [0.5, 0.6) is 0 Å². The summed E-state index contributed by atoms with van der Waals surface area (Å²) in [6.07, 6.45) is 5.63. The molecule has 37 heavy (non-hydrogen) atoms. The number of carbonyl (C=O) groups is 3. The lowest BCUT2D eigenvalue weighted by Crippen LogP contribution is -2.76. The number of hydrogen-bond donors (Lipinski definition) is 4. The van der Waals surface area contributed by atoms with Gasteiger partial charge in [-0.2, -0.15) is 0 Å². The number of carboxylic acids is 3. The van der Waals surface area contributed by atoms with Crippen molar-refractivity contribution >= 4 is 17.9 Å². The van der Waals surface area contributed by atoms with Gasteiger partial charge in [0.05, 0.1) is 0 Å². The Balaban J connectivity index is 8.47. The van der Waals surface area contributed by atoms with Gasteiger partial charge in [0.1, 0.15) is 11.3 Å². The van der Waals surface area contributed by atoms with E-state index in [0.717, 1.165) is 0 Å². The highest BCUT2D eigenvalue weighted by Gasteiger charge is 2.79. The van der Waals surface area contributed by atoms with Gasteiger partial charge in [-0.05, 0) is 54.8 Å². The van der Waals surface area contributed by atoms with Crippen LogP contribution in [-0.2, 0) is 14.4 Å². The van der Waals surface area contributed by atoms with Crippen molar-refractivity contribution in [3.8, 4) is 0 Å². The third-order valence-electron chi connectivity index (χ3n) is 9.24. The summed E-state index contributed by atoms with van der Waals surface area (Å²) in [5.41, 5.74) is -8.80. The summed E-state index contributed by atoms with van der Waals surface area (Å²) in [4.78, 5) is 40.6.